The molecule has 0 aliphatic heterocycles. The molecular formula is C19H20Cl2N2O2. The second kappa shape index (κ2) is 8.88. The zero-order valence-electron chi connectivity index (χ0n) is 14.2. The van der Waals surface area contributed by atoms with Gasteiger partial charge in [-0.25, -0.2) is 0 Å². The van der Waals surface area contributed by atoms with E-state index in [1.165, 1.54) is 17.4 Å². The average Bonchev–Trinajstić information content (AvgIpc) is 2.58. The summed E-state index contributed by atoms with van der Waals surface area (Å²) in [6.07, 6.45) is 1.10. The van der Waals surface area contributed by atoms with E-state index in [1.807, 2.05) is 24.3 Å². The third-order valence-electron chi connectivity index (χ3n) is 3.79. The van der Waals surface area contributed by atoms with Gasteiger partial charge in [-0.2, -0.15) is 0 Å². The first kappa shape index (κ1) is 19.3. The predicted octanol–water partition coefficient (Wildman–Crippen LogP) is 4.94. The van der Waals surface area contributed by atoms with Crippen LogP contribution in [-0.4, -0.2) is 18.4 Å². The van der Waals surface area contributed by atoms with Crippen LogP contribution in [0.15, 0.2) is 42.5 Å². The molecule has 0 heterocycles. The van der Waals surface area contributed by atoms with E-state index in [0.29, 0.717) is 15.7 Å². The van der Waals surface area contributed by atoms with Crippen molar-refractivity contribution in [3.8, 4) is 0 Å². The summed E-state index contributed by atoms with van der Waals surface area (Å²) < 4.78 is 0. The van der Waals surface area contributed by atoms with Crippen molar-refractivity contribution < 1.29 is 9.59 Å². The minimum atomic E-state index is -0.204. The van der Waals surface area contributed by atoms with Crippen LogP contribution < -0.4 is 10.2 Å². The molecule has 0 spiro atoms. The van der Waals surface area contributed by atoms with Crippen LogP contribution >= 0.6 is 23.2 Å². The molecule has 2 amide bonds. The van der Waals surface area contributed by atoms with Crippen molar-refractivity contribution in [1.82, 2.24) is 0 Å². The highest BCUT2D eigenvalue weighted by Crippen LogP contribution is 2.29. The number of carbonyl (C=O) groups excluding carboxylic acids is 2. The Hall–Kier alpha value is -2.04. The molecule has 132 valence electrons. The Morgan fingerprint density at radius 3 is 2.36 bits per heavy atom. The van der Waals surface area contributed by atoms with Crippen molar-refractivity contribution in [3.63, 3.8) is 0 Å². The molecule has 4 nitrogen and oxygen atoms in total. The summed E-state index contributed by atoms with van der Waals surface area (Å²) in [6.45, 7) is 3.72. The molecule has 0 aliphatic rings. The van der Waals surface area contributed by atoms with E-state index < -0.39 is 0 Å². The number of aryl methyl sites for hydroxylation is 1. The lowest BCUT2D eigenvalue weighted by Gasteiger charge is -2.22. The molecule has 0 radical (unpaired) electrons. The number of anilines is 2. The van der Waals surface area contributed by atoms with Gasteiger partial charge in [-0.05, 0) is 42.3 Å². The number of amides is 2. The fraction of sp³-hybridized carbons (Fsp3) is 0.263. The molecule has 0 unspecified atom stereocenters. The normalized spacial score (nSPS) is 10.4. The van der Waals surface area contributed by atoms with Crippen LogP contribution in [0, 0.1) is 0 Å². The Labute approximate surface area is 157 Å². The van der Waals surface area contributed by atoms with E-state index >= 15 is 0 Å². The van der Waals surface area contributed by atoms with Gasteiger partial charge in [0.2, 0.25) is 11.8 Å². The smallest absolute Gasteiger partial charge is 0.226 e. The maximum atomic E-state index is 12.2. The van der Waals surface area contributed by atoms with Crippen molar-refractivity contribution in [1.29, 1.82) is 0 Å². The minimum Gasteiger partial charge on any atom is -0.326 e. The molecule has 2 aromatic rings. The second-order valence-electron chi connectivity index (χ2n) is 5.62. The van der Waals surface area contributed by atoms with Gasteiger partial charge in [-0.1, -0.05) is 42.3 Å². The van der Waals surface area contributed by atoms with Gasteiger partial charge >= 0.3 is 0 Å². The molecule has 0 fully saturated rings. The fourth-order valence-electron chi connectivity index (χ4n) is 2.40. The Morgan fingerprint density at radius 2 is 1.76 bits per heavy atom. The monoisotopic (exact) mass is 378 g/mol. The largest absolute Gasteiger partial charge is 0.326 e. The molecule has 1 N–H and O–H groups in total. The number of rotatable bonds is 6. The second-order valence-corrected chi connectivity index (χ2v) is 6.46. The van der Waals surface area contributed by atoms with Crippen LogP contribution in [0.5, 0.6) is 0 Å². The number of hydrogen-bond donors (Lipinski definition) is 1. The lowest BCUT2D eigenvalue weighted by Crippen LogP contribution is -2.32. The highest BCUT2D eigenvalue weighted by molar-refractivity contribution is 6.35. The number of benzene rings is 2. The van der Waals surface area contributed by atoms with Crippen molar-refractivity contribution >= 4 is 46.4 Å². The highest BCUT2D eigenvalue weighted by Gasteiger charge is 2.16. The molecule has 0 aliphatic carbocycles. The van der Waals surface area contributed by atoms with E-state index in [1.54, 1.807) is 18.2 Å². The molecule has 6 heteroatoms. The van der Waals surface area contributed by atoms with Crippen LogP contribution in [0.1, 0.15) is 25.8 Å². The molecule has 2 rings (SSSR count). The first-order valence-electron chi connectivity index (χ1n) is 8.02. The Morgan fingerprint density at radius 1 is 1.08 bits per heavy atom. The third-order valence-corrected chi connectivity index (χ3v) is 4.34. The van der Waals surface area contributed by atoms with Crippen molar-refractivity contribution in [2.45, 2.75) is 26.7 Å². The summed E-state index contributed by atoms with van der Waals surface area (Å²) >= 11 is 12.1. The zero-order valence-corrected chi connectivity index (χ0v) is 15.7. The Bertz CT molecular complexity index is 761. The lowest BCUT2D eigenvalue weighted by molar-refractivity contribution is -0.117. The van der Waals surface area contributed by atoms with Gasteiger partial charge in [-0.3, -0.25) is 9.59 Å². The molecule has 0 bridgehead atoms. The lowest BCUT2D eigenvalue weighted by atomic mass is 10.1. The number of nitrogens with one attached hydrogen (secondary N) is 1. The van der Waals surface area contributed by atoms with Crippen molar-refractivity contribution in [3.05, 3.63) is 58.1 Å². The van der Waals surface area contributed by atoms with Crippen molar-refractivity contribution in [2.75, 3.05) is 16.8 Å². The molecule has 25 heavy (non-hydrogen) atoms. The summed E-state index contributed by atoms with van der Waals surface area (Å²) in [5.41, 5.74) is 2.44. The van der Waals surface area contributed by atoms with Crippen LogP contribution in [-0.2, 0) is 16.0 Å². The van der Waals surface area contributed by atoms with E-state index in [9.17, 15) is 9.59 Å². The molecule has 0 saturated carbocycles. The SMILES string of the molecule is CCc1ccc(NC(=O)CCN(C(C)=O)c2cc(Cl)ccc2Cl)cc1. The number of carbonyl (C=O) groups is 2. The van der Waals surface area contributed by atoms with E-state index in [2.05, 4.69) is 12.2 Å². The molecule has 2 aromatic carbocycles. The van der Waals surface area contributed by atoms with Gasteiger partial charge in [0.1, 0.15) is 0 Å². The molecule has 0 atom stereocenters. The fourth-order valence-corrected chi connectivity index (χ4v) is 2.79. The van der Waals surface area contributed by atoms with E-state index in [0.717, 1.165) is 12.1 Å². The van der Waals surface area contributed by atoms with Gasteiger partial charge in [0.25, 0.3) is 0 Å². The predicted molar refractivity (Wildman–Crippen MR) is 104 cm³/mol. The van der Waals surface area contributed by atoms with Gasteiger partial charge in [0, 0.05) is 30.6 Å². The first-order chi connectivity index (χ1) is 11.9. The van der Waals surface area contributed by atoms with Gasteiger partial charge in [-0.15, -0.1) is 0 Å². The maximum Gasteiger partial charge on any atom is 0.226 e. The van der Waals surface area contributed by atoms with Gasteiger partial charge in [0.15, 0.2) is 0 Å². The molecular weight excluding hydrogens is 359 g/mol. The minimum absolute atomic E-state index is 0.151. The average molecular weight is 379 g/mol. The third kappa shape index (κ3) is 5.48. The van der Waals surface area contributed by atoms with Gasteiger partial charge < -0.3 is 10.2 Å². The number of hydrogen-bond acceptors (Lipinski definition) is 2. The number of nitrogens with zero attached hydrogens (tertiary/aromatic N) is 1. The summed E-state index contributed by atoms with van der Waals surface area (Å²) in [4.78, 5) is 25.6. The highest BCUT2D eigenvalue weighted by atomic mass is 35.5. The standard InChI is InChI=1S/C19H20Cl2N2O2/c1-3-14-4-7-16(8-5-14)22-19(25)10-11-23(13(2)24)18-12-15(20)6-9-17(18)21/h4-9,12H,3,10-11H2,1-2H3,(H,22,25). The first-order valence-corrected chi connectivity index (χ1v) is 8.78. The quantitative estimate of drug-likeness (QED) is 0.773. The maximum absolute atomic E-state index is 12.2. The van der Waals surface area contributed by atoms with Crippen LogP contribution in [0.3, 0.4) is 0 Å². The van der Waals surface area contributed by atoms with Crippen LogP contribution in [0.25, 0.3) is 0 Å². The zero-order chi connectivity index (χ0) is 18.4. The Balaban J connectivity index is 2.01. The summed E-state index contributed by atoms with van der Waals surface area (Å²) in [6, 6.07) is 12.6. The Kier molecular flexibility index (Phi) is 6.85. The summed E-state index contributed by atoms with van der Waals surface area (Å²) in [5, 5.41) is 3.72. The summed E-state index contributed by atoms with van der Waals surface area (Å²) in [7, 11) is 0. The number of halogens is 2. The van der Waals surface area contributed by atoms with Crippen LogP contribution in [0.2, 0.25) is 10.0 Å². The summed E-state index contributed by atoms with van der Waals surface area (Å²) in [5.74, 6) is -0.377. The molecule has 0 saturated heterocycles. The van der Waals surface area contributed by atoms with Gasteiger partial charge in [0.05, 0.1) is 10.7 Å². The topological polar surface area (TPSA) is 49.4 Å². The van der Waals surface area contributed by atoms with E-state index in [4.69, 9.17) is 23.2 Å². The van der Waals surface area contributed by atoms with Crippen molar-refractivity contribution in [2.24, 2.45) is 0 Å². The molecule has 0 aromatic heterocycles. The van der Waals surface area contributed by atoms with E-state index in [-0.39, 0.29) is 24.8 Å². The van der Waals surface area contributed by atoms with Crippen LogP contribution in [0.4, 0.5) is 11.4 Å².